The minimum absolute atomic E-state index is 0.0619. The third-order valence-corrected chi connectivity index (χ3v) is 2.73. The predicted octanol–water partition coefficient (Wildman–Crippen LogP) is 1.93. The number of carbonyl (C=O) groups is 1. The normalized spacial score (nSPS) is 10.7. The number of halogens is 1. The van der Waals surface area contributed by atoms with E-state index in [9.17, 15) is 4.79 Å². The molecule has 0 fully saturated rings. The molecule has 0 spiro atoms. The summed E-state index contributed by atoms with van der Waals surface area (Å²) in [5, 5.41) is 14.9. The predicted molar refractivity (Wildman–Crippen MR) is 80.2 cm³/mol. The Balaban J connectivity index is 2.79. The molecule has 7 heteroatoms. The van der Waals surface area contributed by atoms with E-state index in [0.29, 0.717) is 29.6 Å². The molecule has 0 aromatic heterocycles. The van der Waals surface area contributed by atoms with Crippen LogP contribution < -0.4 is 15.4 Å². The van der Waals surface area contributed by atoms with E-state index in [0.717, 1.165) is 0 Å². The second kappa shape index (κ2) is 8.84. The fourth-order valence-corrected chi connectivity index (χ4v) is 1.63. The van der Waals surface area contributed by atoms with Crippen molar-refractivity contribution < 1.29 is 14.3 Å². The van der Waals surface area contributed by atoms with Crippen LogP contribution in [0.15, 0.2) is 30.0 Å². The highest BCUT2D eigenvalue weighted by molar-refractivity contribution is 6.30. The molecule has 1 rings (SSSR count). The Morgan fingerprint density at radius 3 is 2.86 bits per heavy atom. The zero-order chi connectivity index (χ0) is 15.7. The van der Waals surface area contributed by atoms with Gasteiger partial charge in [0.15, 0.2) is 0 Å². The Hall–Kier alpha value is -2.23. The van der Waals surface area contributed by atoms with Gasteiger partial charge in [-0.3, -0.25) is 4.79 Å². The lowest BCUT2D eigenvalue weighted by molar-refractivity contribution is -0.117. The molecule has 21 heavy (non-hydrogen) atoms. The van der Waals surface area contributed by atoms with Crippen LogP contribution in [0.1, 0.15) is 0 Å². The van der Waals surface area contributed by atoms with Crippen LogP contribution in [0.5, 0.6) is 5.75 Å². The zero-order valence-corrected chi connectivity index (χ0v) is 12.5. The quantitative estimate of drug-likeness (QED) is 0.457. The van der Waals surface area contributed by atoms with E-state index >= 15 is 0 Å². The van der Waals surface area contributed by atoms with E-state index < -0.39 is 5.91 Å². The van der Waals surface area contributed by atoms with Crippen molar-refractivity contribution in [2.75, 3.05) is 32.7 Å². The first kappa shape index (κ1) is 16.8. The number of methoxy groups -OCH3 is 2. The molecule has 0 saturated heterocycles. The van der Waals surface area contributed by atoms with Crippen LogP contribution in [0.4, 0.5) is 5.69 Å². The molecule has 0 aliphatic heterocycles. The van der Waals surface area contributed by atoms with Gasteiger partial charge in [0.25, 0.3) is 5.91 Å². The number of rotatable bonds is 7. The Morgan fingerprint density at radius 1 is 1.48 bits per heavy atom. The number of benzene rings is 1. The van der Waals surface area contributed by atoms with Crippen molar-refractivity contribution in [1.82, 2.24) is 5.32 Å². The number of hydrogen-bond donors (Lipinski definition) is 2. The van der Waals surface area contributed by atoms with Crippen molar-refractivity contribution in [3.05, 3.63) is 35.0 Å². The Labute approximate surface area is 128 Å². The maximum atomic E-state index is 11.7. The summed E-state index contributed by atoms with van der Waals surface area (Å²) in [6.07, 6.45) is 1.30. The van der Waals surface area contributed by atoms with Crippen LogP contribution in [0, 0.1) is 11.3 Å². The average molecular weight is 310 g/mol. The van der Waals surface area contributed by atoms with Crippen molar-refractivity contribution in [2.45, 2.75) is 0 Å². The van der Waals surface area contributed by atoms with Crippen molar-refractivity contribution in [1.29, 1.82) is 5.26 Å². The SMILES string of the molecule is COCCNC(=O)/C(C#N)=C\Nc1cc(Cl)ccc1OC. The lowest BCUT2D eigenvalue weighted by Crippen LogP contribution is -2.28. The Bertz CT molecular complexity index is 567. The van der Waals surface area contributed by atoms with Crippen molar-refractivity contribution >= 4 is 23.2 Å². The number of nitrogens with one attached hydrogen (secondary N) is 2. The number of nitriles is 1. The van der Waals surface area contributed by atoms with E-state index in [2.05, 4.69) is 10.6 Å². The van der Waals surface area contributed by atoms with E-state index in [1.54, 1.807) is 18.2 Å². The summed E-state index contributed by atoms with van der Waals surface area (Å²) >= 11 is 5.90. The molecule has 0 radical (unpaired) electrons. The molecule has 0 unspecified atom stereocenters. The molecule has 1 amide bonds. The van der Waals surface area contributed by atoms with Gasteiger partial charge in [0.1, 0.15) is 17.4 Å². The van der Waals surface area contributed by atoms with Crippen LogP contribution in [0.3, 0.4) is 0 Å². The highest BCUT2D eigenvalue weighted by Crippen LogP contribution is 2.27. The molecule has 0 saturated carbocycles. The highest BCUT2D eigenvalue weighted by Gasteiger charge is 2.09. The number of ether oxygens (including phenoxy) is 2. The van der Waals surface area contributed by atoms with Gasteiger partial charge in [-0.2, -0.15) is 5.26 Å². The third-order valence-electron chi connectivity index (χ3n) is 2.49. The molecule has 0 atom stereocenters. The molecule has 2 N–H and O–H groups in total. The first-order valence-electron chi connectivity index (χ1n) is 6.09. The Morgan fingerprint density at radius 2 is 2.24 bits per heavy atom. The highest BCUT2D eigenvalue weighted by atomic mass is 35.5. The van der Waals surface area contributed by atoms with E-state index in [-0.39, 0.29) is 5.57 Å². The molecule has 1 aromatic carbocycles. The average Bonchev–Trinajstić information content (AvgIpc) is 2.48. The molecule has 112 valence electrons. The molecule has 0 heterocycles. The molecule has 6 nitrogen and oxygen atoms in total. The molecule has 0 aliphatic carbocycles. The van der Waals surface area contributed by atoms with Gasteiger partial charge in [-0.1, -0.05) is 11.6 Å². The van der Waals surface area contributed by atoms with Gasteiger partial charge in [0, 0.05) is 24.9 Å². The van der Waals surface area contributed by atoms with E-state index in [1.807, 2.05) is 6.07 Å². The maximum absolute atomic E-state index is 11.7. The van der Waals surface area contributed by atoms with Crippen molar-refractivity contribution in [3.63, 3.8) is 0 Å². The van der Waals surface area contributed by atoms with Gasteiger partial charge >= 0.3 is 0 Å². The summed E-state index contributed by atoms with van der Waals surface area (Å²) in [5.74, 6) is 0.0655. The maximum Gasteiger partial charge on any atom is 0.263 e. The van der Waals surface area contributed by atoms with Crippen molar-refractivity contribution in [3.8, 4) is 11.8 Å². The van der Waals surface area contributed by atoms with Crippen LogP contribution in [0.25, 0.3) is 0 Å². The molecule has 0 aliphatic rings. The van der Waals surface area contributed by atoms with Gasteiger partial charge in [-0.05, 0) is 18.2 Å². The second-order valence-corrected chi connectivity index (χ2v) is 4.34. The van der Waals surface area contributed by atoms with E-state index in [1.165, 1.54) is 20.4 Å². The van der Waals surface area contributed by atoms with Crippen molar-refractivity contribution in [2.24, 2.45) is 0 Å². The third kappa shape index (κ3) is 5.34. The van der Waals surface area contributed by atoms with Gasteiger partial charge in [0.05, 0.1) is 19.4 Å². The standard InChI is InChI=1S/C14H16ClN3O3/c1-20-6-5-17-14(19)10(8-16)9-18-12-7-11(15)3-4-13(12)21-2/h3-4,7,9,18H,5-6H2,1-2H3,(H,17,19)/b10-9-. The topological polar surface area (TPSA) is 83.4 Å². The molecule has 1 aromatic rings. The van der Waals surface area contributed by atoms with Crippen LogP contribution in [-0.4, -0.2) is 33.3 Å². The van der Waals surface area contributed by atoms with Gasteiger partial charge in [0.2, 0.25) is 0 Å². The number of hydrogen-bond acceptors (Lipinski definition) is 5. The fourth-order valence-electron chi connectivity index (χ4n) is 1.45. The first-order valence-corrected chi connectivity index (χ1v) is 6.47. The Kier molecular flexibility index (Phi) is 7.09. The van der Waals surface area contributed by atoms with Crippen LogP contribution in [0.2, 0.25) is 5.02 Å². The van der Waals surface area contributed by atoms with E-state index in [4.69, 9.17) is 26.3 Å². The summed E-state index contributed by atoms with van der Waals surface area (Å²) in [7, 11) is 3.04. The van der Waals surface area contributed by atoms with Crippen LogP contribution in [-0.2, 0) is 9.53 Å². The summed E-state index contributed by atoms with van der Waals surface area (Å²) < 4.78 is 9.97. The smallest absolute Gasteiger partial charge is 0.263 e. The van der Waals surface area contributed by atoms with Gasteiger partial charge < -0.3 is 20.1 Å². The van der Waals surface area contributed by atoms with Crippen LogP contribution >= 0.6 is 11.6 Å². The summed E-state index contributed by atoms with van der Waals surface area (Å²) in [6.45, 7) is 0.703. The number of anilines is 1. The summed E-state index contributed by atoms with van der Waals surface area (Å²) in [5.41, 5.74) is 0.496. The lowest BCUT2D eigenvalue weighted by Gasteiger charge is -2.09. The number of nitrogens with zero attached hydrogens (tertiary/aromatic N) is 1. The molecular formula is C14H16ClN3O3. The molecule has 0 bridgehead atoms. The lowest BCUT2D eigenvalue weighted by atomic mass is 10.2. The van der Waals surface area contributed by atoms with Gasteiger partial charge in [-0.15, -0.1) is 0 Å². The second-order valence-electron chi connectivity index (χ2n) is 3.91. The molecular weight excluding hydrogens is 294 g/mol. The summed E-state index contributed by atoms with van der Waals surface area (Å²) in [4.78, 5) is 11.7. The first-order chi connectivity index (χ1) is 10.1. The minimum Gasteiger partial charge on any atom is -0.495 e. The minimum atomic E-state index is -0.483. The van der Waals surface area contributed by atoms with Gasteiger partial charge in [-0.25, -0.2) is 0 Å². The largest absolute Gasteiger partial charge is 0.495 e. The zero-order valence-electron chi connectivity index (χ0n) is 11.8. The number of amides is 1. The fraction of sp³-hybridized carbons (Fsp3) is 0.286. The number of carbonyl (C=O) groups excluding carboxylic acids is 1. The summed E-state index contributed by atoms with van der Waals surface area (Å²) in [6, 6.07) is 6.82. The monoisotopic (exact) mass is 309 g/mol.